The van der Waals surface area contributed by atoms with Crippen LogP contribution in [0, 0.1) is 10.1 Å². The molecule has 3 rings (SSSR count). The van der Waals surface area contributed by atoms with Crippen LogP contribution in [-0.2, 0) is 10.0 Å². The Kier molecular flexibility index (Phi) is 4.07. The van der Waals surface area contributed by atoms with E-state index in [1.807, 2.05) is 0 Å². The Morgan fingerprint density at radius 3 is 2.83 bits per heavy atom. The molecule has 1 aliphatic heterocycles. The minimum atomic E-state index is -4.04. The molecular formula is C12H14N6O4S. The first-order valence-electron chi connectivity index (χ1n) is 6.81. The summed E-state index contributed by atoms with van der Waals surface area (Å²) >= 11 is 0. The van der Waals surface area contributed by atoms with Crippen LogP contribution in [0.3, 0.4) is 0 Å². The molecule has 23 heavy (non-hydrogen) atoms. The van der Waals surface area contributed by atoms with Crippen molar-refractivity contribution in [2.45, 2.75) is 17.0 Å². The summed E-state index contributed by atoms with van der Waals surface area (Å²) in [5.74, 6) is 0. The zero-order valence-corrected chi connectivity index (χ0v) is 12.7. The summed E-state index contributed by atoms with van der Waals surface area (Å²) in [5.41, 5.74) is -0.455. The molecule has 2 aromatic rings. The summed E-state index contributed by atoms with van der Waals surface area (Å²) in [6, 6.07) is 4.51. The zero-order valence-electron chi connectivity index (χ0n) is 11.9. The maximum Gasteiger partial charge on any atom is 0.289 e. The molecule has 1 aliphatic rings. The second kappa shape index (κ2) is 6.02. The van der Waals surface area contributed by atoms with Crippen molar-refractivity contribution in [1.82, 2.24) is 25.0 Å². The Hall–Kier alpha value is -2.37. The van der Waals surface area contributed by atoms with E-state index in [0.717, 1.165) is 6.07 Å². The summed E-state index contributed by atoms with van der Waals surface area (Å²) in [7, 11) is -4.04. The smallest absolute Gasteiger partial charge is 0.289 e. The minimum absolute atomic E-state index is 0.255. The predicted molar refractivity (Wildman–Crippen MR) is 79.1 cm³/mol. The van der Waals surface area contributed by atoms with Crippen molar-refractivity contribution >= 4 is 15.7 Å². The van der Waals surface area contributed by atoms with Gasteiger partial charge in [-0.3, -0.25) is 10.1 Å². The number of hydrogen-bond donors (Lipinski definition) is 2. The van der Waals surface area contributed by atoms with E-state index in [1.165, 1.54) is 24.4 Å². The maximum atomic E-state index is 12.5. The van der Waals surface area contributed by atoms with Gasteiger partial charge in [0.1, 0.15) is 0 Å². The van der Waals surface area contributed by atoms with Gasteiger partial charge in [-0.1, -0.05) is 17.3 Å². The van der Waals surface area contributed by atoms with Crippen molar-refractivity contribution in [1.29, 1.82) is 0 Å². The first-order valence-corrected chi connectivity index (χ1v) is 8.29. The van der Waals surface area contributed by atoms with E-state index in [1.54, 1.807) is 10.9 Å². The van der Waals surface area contributed by atoms with Gasteiger partial charge in [0, 0.05) is 25.4 Å². The SMILES string of the molecule is O=[N+]([O-])c1ccccc1S(=O)(=O)N[C@H]1CNC[C@H]1n1ccnn1. The van der Waals surface area contributed by atoms with E-state index in [2.05, 4.69) is 20.4 Å². The molecule has 1 aromatic carbocycles. The van der Waals surface area contributed by atoms with E-state index < -0.39 is 26.7 Å². The molecule has 0 bridgehead atoms. The number of nitro groups is 1. The van der Waals surface area contributed by atoms with E-state index in [4.69, 9.17) is 0 Å². The van der Waals surface area contributed by atoms with Crippen LogP contribution in [0.4, 0.5) is 5.69 Å². The molecule has 0 unspecified atom stereocenters. The highest BCUT2D eigenvalue weighted by Crippen LogP contribution is 2.24. The fourth-order valence-electron chi connectivity index (χ4n) is 2.56. The van der Waals surface area contributed by atoms with Crippen molar-refractivity contribution in [2.24, 2.45) is 0 Å². The molecule has 1 saturated heterocycles. The highest BCUT2D eigenvalue weighted by atomic mass is 32.2. The lowest BCUT2D eigenvalue weighted by Crippen LogP contribution is -2.41. The van der Waals surface area contributed by atoms with E-state index in [9.17, 15) is 18.5 Å². The second-order valence-corrected chi connectivity index (χ2v) is 6.74. The maximum absolute atomic E-state index is 12.5. The lowest BCUT2D eigenvalue weighted by atomic mass is 10.2. The number of aromatic nitrogens is 3. The van der Waals surface area contributed by atoms with Gasteiger partial charge in [0.2, 0.25) is 10.0 Å². The van der Waals surface area contributed by atoms with Crippen LogP contribution in [0.1, 0.15) is 6.04 Å². The Morgan fingerprint density at radius 2 is 2.13 bits per heavy atom. The number of nitrogens with zero attached hydrogens (tertiary/aromatic N) is 4. The number of sulfonamides is 1. The van der Waals surface area contributed by atoms with Crippen molar-refractivity contribution in [3.05, 3.63) is 46.8 Å². The summed E-state index contributed by atoms with van der Waals surface area (Å²) in [4.78, 5) is 9.97. The molecule has 11 heteroatoms. The zero-order chi connectivity index (χ0) is 16.4. The van der Waals surface area contributed by atoms with Crippen LogP contribution >= 0.6 is 0 Å². The van der Waals surface area contributed by atoms with Crippen molar-refractivity contribution < 1.29 is 13.3 Å². The molecule has 0 radical (unpaired) electrons. The summed E-state index contributed by atoms with van der Waals surface area (Å²) in [5, 5.41) is 21.7. The number of benzene rings is 1. The molecule has 2 atom stereocenters. The molecule has 0 aliphatic carbocycles. The third-order valence-electron chi connectivity index (χ3n) is 3.62. The third kappa shape index (κ3) is 3.06. The fourth-order valence-corrected chi connectivity index (χ4v) is 4.00. The predicted octanol–water partition coefficient (Wildman–Crippen LogP) is -0.322. The second-order valence-electron chi connectivity index (χ2n) is 5.06. The number of rotatable bonds is 5. The Balaban J connectivity index is 1.88. The number of nitrogens with one attached hydrogen (secondary N) is 2. The molecule has 1 aromatic heterocycles. The molecule has 122 valence electrons. The van der Waals surface area contributed by atoms with E-state index in [-0.39, 0.29) is 10.9 Å². The molecule has 2 N–H and O–H groups in total. The van der Waals surface area contributed by atoms with Crippen molar-refractivity contribution in [2.75, 3.05) is 13.1 Å². The average Bonchev–Trinajstić information content (AvgIpc) is 3.17. The number of para-hydroxylation sites is 1. The largest absolute Gasteiger partial charge is 0.313 e. The van der Waals surface area contributed by atoms with Crippen molar-refractivity contribution in [3.63, 3.8) is 0 Å². The van der Waals surface area contributed by atoms with Crippen molar-refractivity contribution in [3.8, 4) is 0 Å². The molecule has 0 spiro atoms. The summed E-state index contributed by atoms with van der Waals surface area (Å²) in [6.45, 7) is 0.915. The van der Waals surface area contributed by atoms with Gasteiger partial charge < -0.3 is 5.32 Å². The average molecular weight is 338 g/mol. The molecule has 2 heterocycles. The highest BCUT2D eigenvalue weighted by molar-refractivity contribution is 7.89. The van der Waals surface area contributed by atoms with Gasteiger partial charge >= 0.3 is 0 Å². The first kappa shape index (κ1) is 15.5. The Bertz CT molecular complexity index is 807. The standard InChI is InChI=1S/C12H14N6O4S/c19-18(20)10-3-1-2-4-12(10)23(21,22)15-9-7-13-8-11(9)17-6-5-14-16-17/h1-6,9,11,13,15H,7-8H2/t9-,11+/m0/s1. The molecular weight excluding hydrogens is 324 g/mol. The van der Waals surface area contributed by atoms with Gasteiger partial charge in [-0.25, -0.2) is 17.8 Å². The molecule has 10 nitrogen and oxygen atoms in total. The lowest BCUT2D eigenvalue weighted by molar-refractivity contribution is -0.387. The van der Waals surface area contributed by atoms with Crippen LogP contribution in [0.15, 0.2) is 41.6 Å². The minimum Gasteiger partial charge on any atom is -0.313 e. The van der Waals surface area contributed by atoms with E-state index in [0.29, 0.717) is 13.1 Å². The monoisotopic (exact) mass is 338 g/mol. The van der Waals surface area contributed by atoms with Crippen LogP contribution in [0.2, 0.25) is 0 Å². The highest BCUT2D eigenvalue weighted by Gasteiger charge is 2.35. The van der Waals surface area contributed by atoms with Crippen LogP contribution in [0.5, 0.6) is 0 Å². The van der Waals surface area contributed by atoms with Gasteiger partial charge in [-0.2, -0.15) is 0 Å². The molecule has 0 amide bonds. The Labute approximate surface area is 131 Å². The van der Waals surface area contributed by atoms with E-state index >= 15 is 0 Å². The summed E-state index contributed by atoms with van der Waals surface area (Å²) in [6.07, 6.45) is 3.15. The fraction of sp³-hybridized carbons (Fsp3) is 0.333. The normalized spacial score (nSPS) is 21.4. The van der Waals surface area contributed by atoms with Crippen LogP contribution < -0.4 is 10.0 Å². The van der Waals surface area contributed by atoms with Gasteiger partial charge in [0.25, 0.3) is 5.69 Å². The van der Waals surface area contributed by atoms with Gasteiger partial charge in [0.05, 0.1) is 23.2 Å². The third-order valence-corrected chi connectivity index (χ3v) is 5.16. The van der Waals surface area contributed by atoms with Gasteiger partial charge in [-0.05, 0) is 6.07 Å². The topological polar surface area (TPSA) is 132 Å². The Morgan fingerprint density at radius 1 is 1.35 bits per heavy atom. The lowest BCUT2D eigenvalue weighted by Gasteiger charge is -2.19. The van der Waals surface area contributed by atoms with Gasteiger partial charge in [0.15, 0.2) is 4.90 Å². The first-order chi connectivity index (χ1) is 11.0. The molecule has 0 saturated carbocycles. The van der Waals surface area contributed by atoms with Crippen LogP contribution in [0.25, 0.3) is 0 Å². The summed E-state index contributed by atoms with van der Waals surface area (Å²) < 4.78 is 29.2. The van der Waals surface area contributed by atoms with Crippen LogP contribution in [-0.4, -0.2) is 47.5 Å². The number of hydrogen-bond acceptors (Lipinski definition) is 7. The van der Waals surface area contributed by atoms with Gasteiger partial charge in [-0.15, -0.1) is 5.10 Å². The number of nitro benzene ring substituents is 1. The quantitative estimate of drug-likeness (QED) is 0.564. The molecule has 1 fully saturated rings.